The Morgan fingerprint density at radius 1 is 1.35 bits per heavy atom. The molecule has 1 aliphatic carbocycles. The Kier molecular flexibility index (Phi) is 5.21. The first-order valence-electron chi connectivity index (χ1n) is 8.19. The van der Waals surface area contributed by atoms with Gasteiger partial charge >= 0.3 is 0 Å². The van der Waals surface area contributed by atoms with Gasteiger partial charge in [0.1, 0.15) is 16.2 Å². The summed E-state index contributed by atoms with van der Waals surface area (Å²) in [6, 6.07) is 0.340. The van der Waals surface area contributed by atoms with E-state index in [2.05, 4.69) is 36.1 Å². The van der Waals surface area contributed by atoms with Crippen molar-refractivity contribution in [2.75, 3.05) is 5.75 Å². The molecule has 0 aromatic carbocycles. The SMILES string of the molecule is Cc1sc2ncnc(SCC(=O)N[C@H]3CCCC[C@@H]3C)c2c1C. The molecule has 1 amide bonds. The average Bonchev–Trinajstić information content (AvgIpc) is 2.83. The fourth-order valence-electron chi connectivity index (χ4n) is 3.17. The Labute approximate surface area is 145 Å². The fraction of sp³-hybridized carbons (Fsp3) is 0.588. The second-order valence-electron chi connectivity index (χ2n) is 6.37. The van der Waals surface area contributed by atoms with Gasteiger partial charge in [-0.1, -0.05) is 31.5 Å². The van der Waals surface area contributed by atoms with Crippen LogP contribution in [0.1, 0.15) is 43.0 Å². The van der Waals surface area contributed by atoms with Gasteiger partial charge < -0.3 is 5.32 Å². The summed E-state index contributed by atoms with van der Waals surface area (Å²) in [5, 5.41) is 5.24. The predicted octanol–water partition coefficient (Wildman–Crippen LogP) is 4.10. The number of carbonyl (C=O) groups is 1. The van der Waals surface area contributed by atoms with Crippen molar-refractivity contribution in [3.8, 4) is 0 Å². The van der Waals surface area contributed by atoms with Crippen LogP contribution < -0.4 is 5.32 Å². The lowest BCUT2D eigenvalue weighted by molar-refractivity contribution is -0.119. The molecule has 23 heavy (non-hydrogen) atoms. The molecule has 2 aromatic rings. The molecule has 0 radical (unpaired) electrons. The molecule has 2 aromatic heterocycles. The largest absolute Gasteiger partial charge is 0.352 e. The van der Waals surface area contributed by atoms with Gasteiger partial charge in [-0.15, -0.1) is 11.3 Å². The Bertz CT molecular complexity index is 713. The first-order chi connectivity index (χ1) is 11.1. The lowest BCUT2D eigenvalue weighted by Crippen LogP contribution is -2.41. The summed E-state index contributed by atoms with van der Waals surface area (Å²) in [5.74, 6) is 1.12. The standard InChI is InChI=1S/C17H23N3OS2/c1-10-6-4-5-7-13(10)20-14(21)8-22-16-15-11(2)12(3)23-17(15)19-9-18-16/h9-10,13H,4-8H2,1-3H3,(H,20,21)/t10-,13-/m0/s1. The van der Waals surface area contributed by atoms with Crippen LogP contribution in [0, 0.1) is 19.8 Å². The summed E-state index contributed by atoms with van der Waals surface area (Å²) in [7, 11) is 0. The molecule has 2 heterocycles. The number of hydrogen-bond acceptors (Lipinski definition) is 5. The number of amides is 1. The number of nitrogens with one attached hydrogen (secondary N) is 1. The highest BCUT2D eigenvalue weighted by Gasteiger charge is 2.23. The van der Waals surface area contributed by atoms with Crippen LogP contribution in [0.15, 0.2) is 11.4 Å². The van der Waals surface area contributed by atoms with Crippen LogP contribution in [0.5, 0.6) is 0 Å². The van der Waals surface area contributed by atoms with Crippen molar-refractivity contribution in [3.05, 3.63) is 16.8 Å². The average molecular weight is 350 g/mol. The Morgan fingerprint density at radius 3 is 2.91 bits per heavy atom. The molecular weight excluding hydrogens is 326 g/mol. The van der Waals surface area contributed by atoms with Gasteiger partial charge in [0.2, 0.25) is 5.91 Å². The zero-order valence-electron chi connectivity index (χ0n) is 13.9. The predicted molar refractivity (Wildman–Crippen MR) is 97.2 cm³/mol. The third kappa shape index (κ3) is 3.69. The number of aromatic nitrogens is 2. The molecule has 0 unspecified atom stereocenters. The molecule has 3 rings (SSSR count). The van der Waals surface area contributed by atoms with Crippen molar-refractivity contribution in [1.29, 1.82) is 0 Å². The highest BCUT2D eigenvalue weighted by molar-refractivity contribution is 8.00. The maximum absolute atomic E-state index is 12.3. The van der Waals surface area contributed by atoms with E-state index in [1.165, 1.54) is 41.5 Å². The summed E-state index contributed by atoms with van der Waals surface area (Å²) in [5.41, 5.74) is 1.23. The first kappa shape index (κ1) is 16.7. The van der Waals surface area contributed by atoms with Gasteiger partial charge in [0, 0.05) is 16.3 Å². The molecule has 0 spiro atoms. The van der Waals surface area contributed by atoms with E-state index in [1.807, 2.05) is 0 Å². The molecule has 4 nitrogen and oxygen atoms in total. The lowest BCUT2D eigenvalue weighted by atomic mass is 9.86. The van der Waals surface area contributed by atoms with Crippen LogP contribution >= 0.6 is 23.1 Å². The molecule has 0 saturated heterocycles. The normalized spacial score (nSPS) is 21.5. The fourth-order valence-corrected chi connectivity index (χ4v) is 5.10. The van der Waals surface area contributed by atoms with Crippen molar-refractivity contribution >= 4 is 39.2 Å². The van der Waals surface area contributed by atoms with Gasteiger partial charge in [-0.2, -0.15) is 0 Å². The van der Waals surface area contributed by atoms with Crippen LogP contribution in [0.4, 0.5) is 0 Å². The van der Waals surface area contributed by atoms with E-state index < -0.39 is 0 Å². The van der Waals surface area contributed by atoms with E-state index in [4.69, 9.17) is 0 Å². The smallest absolute Gasteiger partial charge is 0.230 e. The van der Waals surface area contributed by atoms with Crippen molar-refractivity contribution in [2.24, 2.45) is 5.92 Å². The molecule has 1 fully saturated rings. The molecule has 6 heteroatoms. The van der Waals surface area contributed by atoms with Gasteiger partial charge in [-0.25, -0.2) is 9.97 Å². The van der Waals surface area contributed by atoms with E-state index in [-0.39, 0.29) is 5.91 Å². The molecule has 1 aliphatic rings. The van der Waals surface area contributed by atoms with Gasteiger partial charge in [0.25, 0.3) is 0 Å². The number of thiophene rings is 1. The minimum absolute atomic E-state index is 0.116. The number of rotatable bonds is 4. The van der Waals surface area contributed by atoms with E-state index in [0.717, 1.165) is 21.7 Å². The first-order valence-corrected chi connectivity index (χ1v) is 9.99. The highest BCUT2D eigenvalue weighted by Crippen LogP contribution is 2.34. The Hall–Kier alpha value is -1.14. The van der Waals surface area contributed by atoms with Gasteiger partial charge in [0.15, 0.2) is 0 Å². The monoisotopic (exact) mass is 349 g/mol. The third-order valence-corrected chi connectivity index (χ3v) is 6.83. The number of aryl methyl sites for hydroxylation is 2. The van der Waals surface area contributed by atoms with E-state index in [1.54, 1.807) is 17.7 Å². The number of fused-ring (bicyclic) bond motifs is 1. The number of thioether (sulfide) groups is 1. The summed E-state index contributed by atoms with van der Waals surface area (Å²) in [6.07, 6.45) is 6.44. The molecule has 124 valence electrons. The van der Waals surface area contributed by atoms with Crippen molar-refractivity contribution < 1.29 is 4.79 Å². The maximum Gasteiger partial charge on any atom is 0.230 e. The topological polar surface area (TPSA) is 54.9 Å². The van der Waals surface area contributed by atoms with E-state index in [9.17, 15) is 4.79 Å². The zero-order valence-corrected chi connectivity index (χ0v) is 15.5. The zero-order chi connectivity index (χ0) is 16.4. The van der Waals surface area contributed by atoms with E-state index >= 15 is 0 Å². The molecule has 1 saturated carbocycles. The van der Waals surface area contributed by atoms with Crippen molar-refractivity contribution in [3.63, 3.8) is 0 Å². The minimum Gasteiger partial charge on any atom is -0.352 e. The van der Waals surface area contributed by atoms with Crippen LogP contribution in [-0.4, -0.2) is 27.7 Å². The summed E-state index contributed by atoms with van der Waals surface area (Å²) >= 11 is 3.21. The van der Waals surface area contributed by atoms with Crippen LogP contribution in [-0.2, 0) is 4.79 Å². The van der Waals surface area contributed by atoms with Gasteiger partial charge in [-0.05, 0) is 38.2 Å². The quantitative estimate of drug-likeness (QED) is 0.667. The molecule has 2 atom stereocenters. The summed E-state index contributed by atoms with van der Waals surface area (Å²) in [4.78, 5) is 23.3. The second-order valence-corrected chi connectivity index (χ2v) is 8.53. The maximum atomic E-state index is 12.3. The highest BCUT2D eigenvalue weighted by atomic mass is 32.2. The third-order valence-electron chi connectivity index (χ3n) is 4.73. The summed E-state index contributed by atoms with van der Waals surface area (Å²) in [6.45, 7) is 6.45. The van der Waals surface area contributed by atoms with Crippen molar-refractivity contribution in [2.45, 2.75) is 57.5 Å². The van der Waals surface area contributed by atoms with E-state index in [0.29, 0.717) is 17.7 Å². The molecule has 0 aliphatic heterocycles. The molecule has 0 bridgehead atoms. The number of hydrogen-bond donors (Lipinski definition) is 1. The molecule has 1 N–H and O–H groups in total. The van der Waals surface area contributed by atoms with Crippen molar-refractivity contribution in [1.82, 2.24) is 15.3 Å². The van der Waals surface area contributed by atoms with Crippen LogP contribution in [0.3, 0.4) is 0 Å². The van der Waals surface area contributed by atoms with Crippen LogP contribution in [0.2, 0.25) is 0 Å². The van der Waals surface area contributed by atoms with Crippen LogP contribution in [0.25, 0.3) is 10.2 Å². The lowest BCUT2D eigenvalue weighted by Gasteiger charge is -2.29. The number of nitrogens with zero attached hydrogens (tertiary/aromatic N) is 2. The Morgan fingerprint density at radius 2 is 2.13 bits per heavy atom. The van der Waals surface area contributed by atoms with Gasteiger partial charge in [-0.3, -0.25) is 4.79 Å². The summed E-state index contributed by atoms with van der Waals surface area (Å²) < 4.78 is 0. The minimum atomic E-state index is 0.116. The second kappa shape index (κ2) is 7.18. The Balaban J connectivity index is 1.65. The molecular formula is C17H23N3OS2. The van der Waals surface area contributed by atoms with Gasteiger partial charge in [0.05, 0.1) is 5.75 Å². The number of carbonyl (C=O) groups excluding carboxylic acids is 1.